The van der Waals surface area contributed by atoms with E-state index in [9.17, 15) is 9.59 Å². The zero-order valence-electron chi connectivity index (χ0n) is 14.3. The van der Waals surface area contributed by atoms with Crippen LogP contribution in [-0.4, -0.2) is 56.0 Å². The normalized spacial score (nSPS) is 17.7. The Morgan fingerprint density at radius 2 is 2.19 bits per heavy atom. The molecule has 2 aromatic heterocycles. The van der Waals surface area contributed by atoms with Crippen molar-refractivity contribution in [2.45, 2.75) is 19.4 Å². The highest BCUT2D eigenvalue weighted by atomic mass is 16.2. The number of piperazine rings is 1. The smallest absolute Gasteiger partial charge is 0.246 e. The zero-order chi connectivity index (χ0) is 18.1. The third kappa shape index (κ3) is 3.01. The molecule has 8 heteroatoms. The number of carbonyl (C=O) groups excluding carboxylic acids is 2. The minimum Gasteiger partial charge on any atom is -0.329 e. The van der Waals surface area contributed by atoms with Crippen molar-refractivity contribution in [3.8, 4) is 0 Å². The van der Waals surface area contributed by atoms with Crippen molar-refractivity contribution in [1.82, 2.24) is 25.1 Å². The van der Waals surface area contributed by atoms with E-state index in [4.69, 9.17) is 0 Å². The number of anilines is 1. The van der Waals surface area contributed by atoms with Crippen LogP contribution in [0.2, 0.25) is 0 Å². The second-order valence-electron chi connectivity index (χ2n) is 6.39. The molecule has 1 aromatic carbocycles. The number of amides is 2. The number of hydrogen-bond acceptors (Lipinski definition) is 5. The molecule has 3 aromatic rings. The number of H-pyrrole nitrogens is 1. The largest absolute Gasteiger partial charge is 0.329 e. The van der Waals surface area contributed by atoms with Crippen LogP contribution in [0.4, 0.5) is 5.69 Å². The third-order valence-corrected chi connectivity index (χ3v) is 4.59. The topological polar surface area (TPSA) is 95.1 Å². The predicted octanol–water partition coefficient (Wildman–Crippen LogP) is 1.16. The van der Waals surface area contributed by atoms with E-state index in [1.165, 1.54) is 0 Å². The molecule has 0 saturated carbocycles. The number of aromatic amines is 1. The van der Waals surface area contributed by atoms with Crippen molar-refractivity contribution in [3.63, 3.8) is 0 Å². The highest BCUT2D eigenvalue weighted by Crippen LogP contribution is 2.24. The van der Waals surface area contributed by atoms with Gasteiger partial charge in [0.2, 0.25) is 11.8 Å². The van der Waals surface area contributed by atoms with Crippen molar-refractivity contribution in [2.75, 3.05) is 18.0 Å². The van der Waals surface area contributed by atoms with E-state index < -0.39 is 0 Å². The average molecular weight is 350 g/mol. The van der Waals surface area contributed by atoms with Crippen LogP contribution >= 0.6 is 0 Å². The number of hydrogen-bond donors (Lipinski definition) is 1. The molecule has 0 aliphatic carbocycles. The van der Waals surface area contributed by atoms with Gasteiger partial charge in [-0.05, 0) is 25.1 Å². The van der Waals surface area contributed by atoms with Gasteiger partial charge in [0.1, 0.15) is 6.54 Å². The summed E-state index contributed by atoms with van der Waals surface area (Å²) in [6.07, 6.45) is 6.58. The first-order valence-electron chi connectivity index (χ1n) is 8.39. The second-order valence-corrected chi connectivity index (χ2v) is 6.39. The summed E-state index contributed by atoms with van der Waals surface area (Å²) in [5.74, 6) is -0.218. The minimum absolute atomic E-state index is 0.0568. The lowest BCUT2D eigenvalue weighted by atomic mass is 10.1. The molecule has 2 amide bonds. The van der Waals surface area contributed by atoms with Crippen LogP contribution in [0.15, 0.2) is 43.0 Å². The summed E-state index contributed by atoms with van der Waals surface area (Å²) >= 11 is 0. The summed E-state index contributed by atoms with van der Waals surface area (Å²) < 4.78 is 0. The van der Waals surface area contributed by atoms with Gasteiger partial charge in [0.15, 0.2) is 0 Å². The molecule has 4 rings (SSSR count). The molecular formula is C18H18N6O2. The lowest BCUT2D eigenvalue weighted by Crippen LogP contribution is -2.57. The summed E-state index contributed by atoms with van der Waals surface area (Å²) in [6, 6.07) is 5.65. The summed E-state index contributed by atoms with van der Waals surface area (Å²) in [4.78, 5) is 36.7. The van der Waals surface area contributed by atoms with E-state index in [1.54, 1.807) is 34.6 Å². The Hall–Kier alpha value is -3.29. The molecule has 0 radical (unpaired) electrons. The molecule has 1 N–H and O–H groups in total. The Kier molecular flexibility index (Phi) is 4.08. The van der Waals surface area contributed by atoms with Crippen molar-refractivity contribution in [2.24, 2.45) is 0 Å². The highest BCUT2D eigenvalue weighted by molar-refractivity contribution is 5.99. The number of nitrogens with one attached hydrogen (secondary N) is 1. The van der Waals surface area contributed by atoms with Crippen LogP contribution in [0.25, 0.3) is 10.9 Å². The highest BCUT2D eigenvalue weighted by Gasteiger charge is 2.33. The fourth-order valence-electron chi connectivity index (χ4n) is 3.21. The SMILES string of the molecule is C[C@H]1CN(c2ccc3cn[nH]c3c2)C(=O)CN1C(=O)Cc1cnccn1. The molecule has 0 spiro atoms. The average Bonchev–Trinajstić information content (AvgIpc) is 3.11. The Labute approximate surface area is 149 Å². The zero-order valence-corrected chi connectivity index (χ0v) is 14.3. The van der Waals surface area contributed by atoms with Gasteiger partial charge in [-0.2, -0.15) is 5.10 Å². The molecule has 1 atom stereocenters. The molecule has 1 aliphatic heterocycles. The molecule has 132 valence electrons. The molecule has 1 aliphatic rings. The number of carbonyl (C=O) groups is 2. The number of fused-ring (bicyclic) bond motifs is 1. The molecule has 8 nitrogen and oxygen atoms in total. The van der Waals surface area contributed by atoms with Gasteiger partial charge in [-0.3, -0.25) is 24.7 Å². The predicted molar refractivity (Wildman–Crippen MR) is 95.4 cm³/mol. The third-order valence-electron chi connectivity index (χ3n) is 4.59. The number of benzene rings is 1. The molecule has 0 unspecified atom stereocenters. The number of nitrogens with zero attached hydrogens (tertiary/aromatic N) is 5. The van der Waals surface area contributed by atoms with Gasteiger partial charge in [-0.25, -0.2) is 0 Å². The van der Waals surface area contributed by atoms with Crippen LogP contribution in [0.1, 0.15) is 12.6 Å². The van der Waals surface area contributed by atoms with Gasteiger partial charge in [-0.15, -0.1) is 0 Å². The Balaban J connectivity index is 1.50. The Bertz CT molecular complexity index is 954. The molecular weight excluding hydrogens is 332 g/mol. The van der Waals surface area contributed by atoms with Crippen LogP contribution < -0.4 is 4.90 Å². The molecule has 26 heavy (non-hydrogen) atoms. The van der Waals surface area contributed by atoms with E-state index in [-0.39, 0.29) is 30.8 Å². The van der Waals surface area contributed by atoms with E-state index in [0.717, 1.165) is 16.6 Å². The van der Waals surface area contributed by atoms with Crippen LogP contribution in [-0.2, 0) is 16.0 Å². The minimum atomic E-state index is -0.116. The van der Waals surface area contributed by atoms with E-state index in [1.807, 2.05) is 25.1 Å². The lowest BCUT2D eigenvalue weighted by molar-refractivity contribution is -0.138. The van der Waals surface area contributed by atoms with Crippen molar-refractivity contribution < 1.29 is 9.59 Å². The molecule has 1 saturated heterocycles. The lowest BCUT2D eigenvalue weighted by Gasteiger charge is -2.39. The summed E-state index contributed by atoms with van der Waals surface area (Å²) in [5, 5.41) is 7.91. The molecule has 0 bridgehead atoms. The van der Waals surface area contributed by atoms with Gasteiger partial charge < -0.3 is 9.80 Å². The van der Waals surface area contributed by atoms with Crippen LogP contribution in [0.5, 0.6) is 0 Å². The van der Waals surface area contributed by atoms with Crippen molar-refractivity contribution >= 4 is 28.4 Å². The first-order chi connectivity index (χ1) is 12.6. The maximum absolute atomic E-state index is 12.7. The monoisotopic (exact) mass is 350 g/mol. The fourth-order valence-corrected chi connectivity index (χ4v) is 3.21. The Morgan fingerprint density at radius 1 is 1.31 bits per heavy atom. The van der Waals surface area contributed by atoms with E-state index in [2.05, 4.69) is 20.2 Å². The van der Waals surface area contributed by atoms with Crippen molar-refractivity contribution in [3.05, 3.63) is 48.7 Å². The van der Waals surface area contributed by atoms with Gasteiger partial charge in [0.05, 0.1) is 23.8 Å². The standard InChI is InChI=1S/C18H18N6O2/c1-12-10-24(15-3-2-13-8-21-22-16(13)7-15)18(26)11-23(12)17(25)6-14-9-19-4-5-20-14/h2-5,7-9,12H,6,10-11H2,1H3,(H,21,22)/t12-/m0/s1. The second kappa shape index (κ2) is 6.55. The summed E-state index contributed by atoms with van der Waals surface area (Å²) in [5.41, 5.74) is 2.29. The number of aromatic nitrogens is 4. The summed E-state index contributed by atoms with van der Waals surface area (Å²) in [6.45, 7) is 2.45. The van der Waals surface area contributed by atoms with Gasteiger partial charge in [0.25, 0.3) is 0 Å². The molecule has 3 heterocycles. The van der Waals surface area contributed by atoms with Crippen molar-refractivity contribution in [1.29, 1.82) is 0 Å². The van der Waals surface area contributed by atoms with Crippen LogP contribution in [0, 0.1) is 0 Å². The first kappa shape index (κ1) is 16.2. The first-order valence-corrected chi connectivity index (χ1v) is 8.39. The van der Waals surface area contributed by atoms with Gasteiger partial charge >= 0.3 is 0 Å². The van der Waals surface area contributed by atoms with Gasteiger partial charge in [0, 0.05) is 42.3 Å². The molecule has 1 fully saturated rings. The fraction of sp³-hybridized carbons (Fsp3) is 0.278. The van der Waals surface area contributed by atoms with Crippen LogP contribution in [0.3, 0.4) is 0 Å². The summed E-state index contributed by atoms with van der Waals surface area (Å²) in [7, 11) is 0. The maximum atomic E-state index is 12.7. The van der Waals surface area contributed by atoms with Gasteiger partial charge in [-0.1, -0.05) is 0 Å². The van der Waals surface area contributed by atoms with E-state index in [0.29, 0.717) is 12.2 Å². The number of rotatable bonds is 3. The Morgan fingerprint density at radius 3 is 3.00 bits per heavy atom. The maximum Gasteiger partial charge on any atom is 0.246 e. The quantitative estimate of drug-likeness (QED) is 0.765. The van der Waals surface area contributed by atoms with E-state index >= 15 is 0 Å².